The fourth-order valence-electron chi connectivity index (χ4n) is 1.42. The standard InChI is InChI=1S/C8H13NO4S/c1-5-7(8(11)12)9(4-13-5)6(10)2-3-14/h5,7,14H,2-4H2,1H3,(H,11,12). The van der Waals surface area contributed by atoms with Crippen LogP contribution in [0.5, 0.6) is 0 Å². The van der Waals surface area contributed by atoms with Gasteiger partial charge in [0.2, 0.25) is 5.91 Å². The molecule has 1 amide bonds. The Morgan fingerprint density at radius 1 is 1.64 bits per heavy atom. The Morgan fingerprint density at radius 3 is 2.79 bits per heavy atom. The number of carboxylic acid groups (broad SMARTS) is 1. The molecule has 2 unspecified atom stereocenters. The van der Waals surface area contributed by atoms with Crippen LogP contribution in [0, 0.1) is 0 Å². The summed E-state index contributed by atoms with van der Waals surface area (Å²) in [6.45, 7) is 1.71. The van der Waals surface area contributed by atoms with Gasteiger partial charge >= 0.3 is 5.97 Å². The van der Waals surface area contributed by atoms with Crippen LogP contribution in [0.3, 0.4) is 0 Å². The molecule has 0 bridgehead atoms. The number of amides is 1. The number of hydrogen-bond donors (Lipinski definition) is 2. The SMILES string of the molecule is CC1OCN(C(=O)CCS)C1C(=O)O. The van der Waals surface area contributed by atoms with E-state index in [9.17, 15) is 9.59 Å². The molecule has 0 aromatic carbocycles. The highest BCUT2D eigenvalue weighted by atomic mass is 32.1. The number of nitrogens with zero attached hydrogens (tertiary/aromatic N) is 1. The van der Waals surface area contributed by atoms with Crippen LogP contribution in [0.25, 0.3) is 0 Å². The predicted octanol–water partition coefficient (Wildman–Crippen LogP) is -0.0357. The summed E-state index contributed by atoms with van der Waals surface area (Å²) in [5, 5.41) is 8.88. The first-order chi connectivity index (χ1) is 6.57. The fraction of sp³-hybridized carbons (Fsp3) is 0.750. The average molecular weight is 219 g/mol. The second-order valence-corrected chi connectivity index (χ2v) is 3.57. The molecule has 0 saturated carbocycles. The summed E-state index contributed by atoms with van der Waals surface area (Å²) in [5.41, 5.74) is 0. The van der Waals surface area contributed by atoms with Gasteiger partial charge in [-0.3, -0.25) is 4.79 Å². The molecule has 1 aliphatic rings. The number of thiol groups is 1. The number of hydrogen-bond acceptors (Lipinski definition) is 4. The third-order valence-corrected chi connectivity index (χ3v) is 2.38. The van der Waals surface area contributed by atoms with Crippen molar-refractivity contribution in [1.29, 1.82) is 0 Å². The van der Waals surface area contributed by atoms with Gasteiger partial charge in [-0.1, -0.05) is 0 Å². The van der Waals surface area contributed by atoms with Gasteiger partial charge in [0.25, 0.3) is 0 Å². The molecule has 1 heterocycles. The van der Waals surface area contributed by atoms with Crippen molar-refractivity contribution in [1.82, 2.24) is 4.90 Å². The molecule has 0 spiro atoms. The molecule has 14 heavy (non-hydrogen) atoms. The molecule has 6 heteroatoms. The van der Waals surface area contributed by atoms with Crippen LogP contribution in [0.4, 0.5) is 0 Å². The molecule has 1 rings (SSSR count). The van der Waals surface area contributed by atoms with Crippen LogP contribution in [0.1, 0.15) is 13.3 Å². The van der Waals surface area contributed by atoms with Crippen LogP contribution in [0.2, 0.25) is 0 Å². The molecular weight excluding hydrogens is 206 g/mol. The van der Waals surface area contributed by atoms with Crippen LogP contribution >= 0.6 is 12.6 Å². The van der Waals surface area contributed by atoms with E-state index in [0.717, 1.165) is 0 Å². The summed E-state index contributed by atoms with van der Waals surface area (Å²) in [7, 11) is 0. The lowest BCUT2D eigenvalue weighted by Gasteiger charge is -2.20. The molecule has 1 saturated heterocycles. The topological polar surface area (TPSA) is 66.8 Å². The molecular formula is C8H13NO4S. The Balaban J connectivity index is 2.69. The van der Waals surface area contributed by atoms with Crippen molar-refractivity contribution in [2.24, 2.45) is 0 Å². The first-order valence-electron chi connectivity index (χ1n) is 4.32. The van der Waals surface area contributed by atoms with Gasteiger partial charge in [0, 0.05) is 6.42 Å². The lowest BCUT2D eigenvalue weighted by molar-refractivity contribution is -0.148. The Kier molecular flexibility index (Phi) is 3.77. The predicted molar refractivity (Wildman–Crippen MR) is 52.2 cm³/mol. The summed E-state index contributed by atoms with van der Waals surface area (Å²) in [6.07, 6.45) is -0.209. The van der Waals surface area contributed by atoms with Crippen LogP contribution in [-0.2, 0) is 14.3 Å². The maximum absolute atomic E-state index is 11.4. The number of aliphatic carboxylic acids is 1. The van der Waals surface area contributed by atoms with E-state index in [2.05, 4.69) is 12.6 Å². The number of carboxylic acids is 1. The van der Waals surface area contributed by atoms with Crippen molar-refractivity contribution in [2.45, 2.75) is 25.5 Å². The lowest BCUT2D eigenvalue weighted by atomic mass is 10.1. The van der Waals surface area contributed by atoms with E-state index in [1.54, 1.807) is 6.92 Å². The normalized spacial score (nSPS) is 26.6. The highest BCUT2D eigenvalue weighted by Gasteiger charge is 2.40. The largest absolute Gasteiger partial charge is 0.480 e. The smallest absolute Gasteiger partial charge is 0.329 e. The summed E-state index contributed by atoms with van der Waals surface area (Å²) in [6, 6.07) is -0.859. The maximum Gasteiger partial charge on any atom is 0.329 e. The third-order valence-electron chi connectivity index (χ3n) is 2.16. The molecule has 0 aromatic heterocycles. The van der Waals surface area contributed by atoms with Gasteiger partial charge in [-0.2, -0.15) is 12.6 Å². The van der Waals surface area contributed by atoms with Gasteiger partial charge in [0.15, 0.2) is 6.04 Å². The van der Waals surface area contributed by atoms with E-state index in [-0.39, 0.29) is 19.1 Å². The second-order valence-electron chi connectivity index (χ2n) is 3.12. The Labute approximate surface area is 87.4 Å². The maximum atomic E-state index is 11.4. The quantitative estimate of drug-likeness (QED) is 0.654. The minimum absolute atomic E-state index is 0.0603. The summed E-state index contributed by atoms with van der Waals surface area (Å²) >= 11 is 3.92. The van der Waals surface area contributed by atoms with Crippen molar-refractivity contribution in [3.8, 4) is 0 Å². The van der Waals surface area contributed by atoms with E-state index in [1.165, 1.54) is 4.90 Å². The van der Waals surface area contributed by atoms with Crippen molar-refractivity contribution < 1.29 is 19.4 Å². The number of ether oxygens (including phenoxy) is 1. The van der Waals surface area contributed by atoms with Crippen LogP contribution in [0.15, 0.2) is 0 Å². The lowest BCUT2D eigenvalue weighted by Crippen LogP contribution is -2.44. The van der Waals surface area contributed by atoms with Crippen LogP contribution in [-0.4, -0.2) is 46.5 Å². The molecule has 1 aliphatic heterocycles. The van der Waals surface area contributed by atoms with E-state index in [0.29, 0.717) is 5.75 Å². The molecule has 80 valence electrons. The van der Waals surface area contributed by atoms with Gasteiger partial charge in [0.05, 0.1) is 6.10 Å². The average Bonchev–Trinajstić information content (AvgIpc) is 2.47. The molecule has 5 nitrogen and oxygen atoms in total. The minimum Gasteiger partial charge on any atom is -0.480 e. The van der Waals surface area contributed by atoms with Crippen molar-refractivity contribution in [3.05, 3.63) is 0 Å². The van der Waals surface area contributed by atoms with Crippen molar-refractivity contribution >= 4 is 24.5 Å². The number of carbonyl (C=O) groups is 2. The van der Waals surface area contributed by atoms with Gasteiger partial charge in [-0.05, 0) is 12.7 Å². The van der Waals surface area contributed by atoms with Gasteiger partial charge in [0.1, 0.15) is 6.73 Å². The fourth-order valence-corrected chi connectivity index (χ4v) is 1.61. The highest BCUT2D eigenvalue weighted by molar-refractivity contribution is 7.80. The van der Waals surface area contributed by atoms with E-state index < -0.39 is 18.1 Å². The molecule has 2 atom stereocenters. The van der Waals surface area contributed by atoms with Crippen molar-refractivity contribution in [3.63, 3.8) is 0 Å². The van der Waals surface area contributed by atoms with Gasteiger partial charge in [-0.25, -0.2) is 4.79 Å². The highest BCUT2D eigenvalue weighted by Crippen LogP contribution is 2.18. The third kappa shape index (κ3) is 2.19. The van der Waals surface area contributed by atoms with Crippen LogP contribution < -0.4 is 0 Å². The Morgan fingerprint density at radius 2 is 2.29 bits per heavy atom. The molecule has 1 fully saturated rings. The first kappa shape index (κ1) is 11.3. The summed E-state index contributed by atoms with van der Waals surface area (Å²) in [5.74, 6) is -0.838. The van der Waals surface area contributed by atoms with E-state index in [1.807, 2.05) is 0 Å². The molecule has 0 aliphatic carbocycles. The van der Waals surface area contributed by atoms with Gasteiger partial charge < -0.3 is 14.7 Å². The van der Waals surface area contributed by atoms with E-state index in [4.69, 9.17) is 9.84 Å². The zero-order chi connectivity index (χ0) is 10.7. The molecule has 0 radical (unpaired) electrons. The number of rotatable bonds is 3. The van der Waals surface area contributed by atoms with E-state index >= 15 is 0 Å². The molecule has 1 N–H and O–H groups in total. The minimum atomic E-state index is -1.03. The van der Waals surface area contributed by atoms with Crippen molar-refractivity contribution in [2.75, 3.05) is 12.5 Å². The summed E-state index contributed by atoms with van der Waals surface area (Å²) < 4.78 is 5.11. The zero-order valence-electron chi connectivity index (χ0n) is 7.84. The summed E-state index contributed by atoms with van der Waals surface area (Å²) in [4.78, 5) is 23.5. The first-order valence-corrected chi connectivity index (χ1v) is 4.96. The van der Waals surface area contributed by atoms with Gasteiger partial charge in [-0.15, -0.1) is 0 Å². The second kappa shape index (κ2) is 4.65. The Hall–Kier alpha value is -0.750. The zero-order valence-corrected chi connectivity index (χ0v) is 8.74. The Bertz CT molecular complexity index is 245. The monoisotopic (exact) mass is 219 g/mol. The number of carbonyl (C=O) groups excluding carboxylic acids is 1. The molecule has 0 aromatic rings.